The van der Waals surface area contributed by atoms with Gasteiger partial charge in [-0.3, -0.25) is 4.72 Å². The van der Waals surface area contributed by atoms with E-state index in [1.54, 1.807) is 42.5 Å². The molecule has 3 rings (SSSR count). The summed E-state index contributed by atoms with van der Waals surface area (Å²) >= 11 is 0. The van der Waals surface area contributed by atoms with Crippen LogP contribution < -0.4 is 9.46 Å². The molecule has 6 nitrogen and oxygen atoms in total. The number of sulfonamides is 1. The minimum atomic E-state index is -3.76. The molecule has 0 spiro atoms. The van der Waals surface area contributed by atoms with Crippen molar-refractivity contribution >= 4 is 15.8 Å². The zero-order valence-electron chi connectivity index (χ0n) is 13.9. The molecule has 3 aromatic rings. The first-order valence-electron chi connectivity index (χ1n) is 7.66. The van der Waals surface area contributed by atoms with Crippen molar-refractivity contribution < 1.29 is 13.2 Å². The summed E-state index contributed by atoms with van der Waals surface area (Å²) < 4.78 is 32.4. The summed E-state index contributed by atoms with van der Waals surface area (Å²) in [6.07, 6.45) is 0. The predicted molar refractivity (Wildman–Crippen MR) is 98.2 cm³/mol. The number of nitrogens with zero attached hydrogens (tertiary/aromatic N) is 2. The molecule has 0 bridgehead atoms. The summed E-state index contributed by atoms with van der Waals surface area (Å²) in [7, 11) is -2.30. The highest BCUT2D eigenvalue weighted by atomic mass is 32.2. The van der Waals surface area contributed by atoms with Crippen molar-refractivity contribution in [2.45, 2.75) is 4.90 Å². The van der Waals surface area contributed by atoms with Gasteiger partial charge in [0.25, 0.3) is 10.0 Å². The van der Waals surface area contributed by atoms with Crippen molar-refractivity contribution in [2.24, 2.45) is 0 Å². The molecular weight excluding hydrogens is 350 g/mol. The maximum absolute atomic E-state index is 12.5. The fourth-order valence-electron chi connectivity index (χ4n) is 2.35. The lowest BCUT2D eigenvalue weighted by Gasteiger charge is -2.09. The van der Waals surface area contributed by atoms with Gasteiger partial charge in [0.15, 0.2) is 0 Å². The third-order valence-electron chi connectivity index (χ3n) is 3.68. The SMILES string of the molecule is COc1cccc(NS(=O)(=O)c2ccc(-c3ccc(C#N)cc3)cc2)n1. The maximum Gasteiger partial charge on any atom is 0.263 e. The summed E-state index contributed by atoms with van der Waals surface area (Å²) in [4.78, 5) is 4.17. The molecule has 0 saturated heterocycles. The molecule has 0 radical (unpaired) electrons. The molecular formula is C19H15N3O3S. The predicted octanol–water partition coefficient (Wildman–Crippen LogP) is 3.43. The van der Waals surface area contributed by atoms with Crippen molar-refractivity contribution in [3.05, 3.63) is 72.3 Å². The number of hydrogen-bond donors (Lipinski definition) is 1. The fraction of sp³-hybridized carbons (Fsp3) is 0.0526. The van der Waals surface area contributed by atoms with Gasteiger partial charge >= 0.3 is 0 Å². The number of anilines is 1. The number of aromatic nitrogens is 1. The molecule has 2 aromatic carbocycles. The molecule has 0 amide bonds. The lowest BCUT2D eigenvalue weighted by molar-refractivity contribution is 0.398. The van der Waals surface area contributed by atoms with E-state index >= 15 is 0 Å². The normalized spacial score (nSPS) is 10.8. The third-order valence-corrected chi connectivity index (χ3v) is 5.05. The zero-order chi connectivity index (χ0) is 18.6. The number of nitrogens with one attached hydrogen (secondary N) is 1. The van der Waals surface area contributed by atoms with Crippen LogP contribution >= 0.6 is 0 Å². The highest BCUT2D eigenvalue weighted by Gasteiger charge is 2.15. The van der Waals surface area contributed by atoms with Gasteiger partial charge in [0.1, 0.15) is 5.82 Å². The summed E-state index contributed by atoms with van der Waals surface area (Å²) in [6.45, 7) is 0. The Hall–Kier alpha value is -3.37. The van der Waals surface area contributed by atoms with E-state index in [2.05, 4.69) is 15.8 Å². The second-order valence-electron chi connectivity index (χ2n) is 5.38. The molecule has 1 N–H and O–H groups in total. The Morgan fingerprint density at radius 1 is 0.962 bits per heavy atom. The van der Waals surface area contributed by atoms with Gasteiger partial charge in [-0.15, -0.1) is 0 Å². The van der Waals surface area contributed by atoms with Crippen molar-refractivity contribution in [2.75, 3.05) is 11.8 Å². The lowest BCUT2D eigenvalue weighted by Crippen LogP contribution is -2.14. The Morgan fingerprint density at radius 3 is 2.15 bits per heavy atom. The second-order valence-corrected chi connectivity index (χ2v) is 7.07. The van der Waals surface area contributed by atoms with E-state index in [-0.39, 0.29) is 10.7 Å². The molecule has 0 aliphatic carbocycles. The molecule has 0 saturated carbocycles. The fourth-order valence-corrected chi connectivity index (χ4v) is 3.35. The van der Waals surface area contributed by atoms with E-state index in [4.69, 9.17) is 10.00 Å². The molecule has 0 unspecified atom stereocenters. The Bertz CT molecular complexity index is 1050. The van der Waals surface area contributed by atoms with Crippen LogP contribution in [0.4, 0.5) is 5.82 Å². The molecule has 7 heteroatoms. The molecule has 130 valence electrons. The van der Waals surface area contributed by atoms with Gasteiger partial charge < -0.3 is 4.74 Å². The van der Waals surface area contributed by atoms with Crippen molar-refractivity contribution in [1.82, 2.24) is 4.98 Å². The molecule has 1 aromatic heterocycles. The standard InChI is InChI=1S/C19H15N3O3S/c1-25-19-4-2-3-18(21-19)22-26(23,24)17-11-9-16(10-12-17)15-7-5-14(13-20)6-8-15/h2-12H,1H3,(H,21,22). The zero-order valence-corrected chi connectivity index (χ0v) is 14.7. The molecule has 1 heterocycles. The number of nitriles is 1. The highest BCUT2D eigenvalue weighted by Crippen LogP contribution is 2.23. The van der Waals surface area contributed by atoms with Gasteiger partial charge in [0.05, 0.1) is 23.6 Å². The highest BCUT2D eigenvalue weighted by molar-refractivity contribution is 7.92. The number of rotatable bonds is 5. The minimum absolute atomic E-state index is 0.125. The van der Waals surface area contributed by atoms with E-state index in [0.29, 0.717) is 11.4 Å². The van der Waals surface area contributed by atoms with E-state index < -0.39 is 10.0 Å². The largest absolute Gasteiger partial charge is 0.481 e. The quantitative estimate of drug-likeness (QED) is 0.748. The monoisotopic (exact) mass is 365 g/mol. The summed E-state index contributed by atoms with van der Waals surface area (Å²) in [5.41, 5.74) is 2.33. The van der Waals surface area contributed by atoms with Gasteiger partial charge in [-0.1, -0.05) is 30.3 Å². The van der Waals surface area contributed by atoms with Crippen LogP contribution in [0.2, 0.25) is 0 Å². The lowest BCUT2D eigenvalue weighted by atomic mass is 10.0. The Labute approximate surface area is 151 Å². The number of pyridine rings is 1. The minimum Gasteiger partial charge on any atom is -0.481 e. The second kappa shape index (κ2) is 7.25. The molecule has 0 atom stereocenters. The number of benzene rings is 2. The van der Waals surface area contributed by atoms with Crippen LogP contribution in [0.3, 0.4) is 0 Å². The maximum atomic E-state index is 12.5. The number of methoxy groups -OCH3 is 1. The topological polar surface area (TPSA) is 92.1 Å². The van der Waals surface area contributed by atoms with Gasteiger partial charge in [-0.25, -0.2) is 8.42 Å². The molecule has 0 aliphatic heterocycles. The molecule has 0 aliphatic rings. The van der Waals surface area contributed by atoms with Crippen LogP contribution in [-0.4, -0.2) is 20.5 Å². The van der Waals surface area contributed by atoms with Gasteiger partial charge in [0, 0.05) is 6.07 Å². The van der Waals surface area contributed by atoms with Crippen LogP contribution in [0.25, 0.3) is 11.1 Å². The van der Waals surface area contributed by atoms with Crippen LogP contribution in [0, 0.1) is 11.3 Å². The van der Waals surface area contributed by atoms with Gasteiger partial charge in [-0.05, 0) is 41.5 Å². The van der Waals surface area contributed by atoms with Crippen molar-refractivity contribution in [1.29, 1.82) is 5.26 Å². The first kappa shape index (κ1) is 17.5. The van der Waals surface area contributed by atoms with Crippen LogP contribution in [-0.2, 0) is 10.0 Å². The van der Waals surface area contributed by atoms with Crippen LogP contribution in [0.1, 0.15) is 5.56 Å². The smallest absolute Gasteiger partial charge is 0.263 e. The molecule has 26 heavy (non-hydrogen) atoms. The van der Waals surface area contributed by atoms with E-state index in [0.717, 1.165) is 11.1 Å². The van der Waals surface area contributed by atoms with Gasteiger partial charge in [0.2, 0.25) is 5.88 Å². The van der Waals surface area contributed by atoms with E-state index in [1.807, 2.05) is 12.1 Å². The van der Waals surface area contributed by atoms with E-state index in [1.165, 1.54) is 19.2 Å². The molecule has 0 fully saturated rings. The Kier molecular flexibility index (Phi) is 4.87. The summed E-state index contributed by atoms with van der Waals surface area (Å²) in [6, 6.07) is 20.4. The van der Waals surface area contributed by atoms with Crippen molar-refractivity contribution in [3.8, 4) is 23.1 Å². The van der Waals surface area contributed by atoms with Crippen molar-refractivity contribution in [3.63, 3.8) is 0 Å². The summed E-state index contributed by atoms with van der Waals surface area (Å²) in [5, 5.41) is 8.84. The van der Waals surface area contributed by atoms with E-state index in [9.17, 15) is 8.42 Å². The number of hydrogen-bond acceptors (Lipinski definition) is 5. The first-order chi connectivity index (χ1) is 12.5. The van der Waals surface area contributed by atoms with Crippen LogP contribution in [0.15, 0.2) is 71.6 Å². The van der Waals surface area contributed by atoms with Gasteiger partial charge in [-0.2, -0.15) is 10.2 Å². The first-order valence-corrected chi connectivity index (χ1v) is 9.14. The average molecular weight is 365 g/mol. The van der Waals surface area contributed by atoms with Crippen LogP contribution in [0.5, 0.6) is 5.88 Å². The summed E-state index contributed by atoms with van der Waals surface area (Å²) in [5.74, 6) is 0.502. The third kappa shape index (κ3) is 3.82. The Morgan fingerprint density at radius 2 is 1.58 bits per heavy atom. The Balaban J connectivity index is 1.83. The average Bonchev–Trinajstić information content (AvgIpc) is 2.68. The number of ether oxygens (including phenoxy) is 1.